The summed E-state index contributed by atoms with van der Waals surface area (Å²) in [5, 5.41) is 9.41. The van der Waals surface area contributed by atoms with Crippen LogP contribution in [0.2, 0.25) is 0 Å². The molecule has 30 heavy (non-hydrogen) atoms. The van der Waals surface area contributed by atoms with E-state index in [4.69, 9.17) is 0 Å². The smallest absolute Gasteiger partial charge is 0.239 e. The van der Waals surface area contributed by atoms with Gasteiger partial charge in [-0.15, -0.1) is 24.0 Å². The lowest BCUT2D eigenvalue weighted by atomic mass is 10.1. The lowest BCUT2D eigenvalue weighted by molar-refractivity contribution is -0.120. The lowest BCUT2D eigenvalue weighted by Crippen LogP contribution is -2.47. The topological polar surface area (TPSA) is 68.8 Å². The largest absolute Gasteiger partial charge is 0.360 e. The van der Waals surface area contributed by atoms with Crippen molar-refractivity contribution in [2.75, 3.05) is 31.6 Å². The first kappa shape index (κ1) is 23.9. The summed E-state index contributed by atoms with van der Waals surface area (Å²) < 4.78 is 13.8. The van der Waals surface area contributed by atoms with Gasteiger partial charge in [-0.3, -0.25) is 9.79 Å². The van der Waals surface area contributed by atoms with Gasteiger partial charge >= 0.3 is 0 Å². The van der Waals surface area contributed by atoms with Crippen LogP contribution in [0, 0.1) is 12.7 Å². The molecule has 0 aliphatic carbocycles. The van der Waals surface area contributed by atoms with Gasteiger partial charge in [-0.2, -0.15) is 0 Å². The average molecular weight is 525 g/mol. The maximum atomic E-state index is 13.8. The first-order valence-electron chi connectivity index (χ1n) is 9.80. The molecule has 1 saturated heterocycles. The number of aliphatic imine (C=N–C) groups is 1. The van der Waals surface area contributed by atoms with Gasteiger partial charge in [0.05, 0.1) is 12.6 Å². The second-order valence-electron chi connectivity index (χ2n) is 7.24. The highest BCUT2D eigenvalue weighted by atomic mass is 127. The molecule has 0 aromatic heterocycles. The molecule has 3 rings (SSSR count). The molecule has 2 aromatic rings. The Hall–Kier alpha value is -2.36. The fourth-order valence-corrected chi connectivity index (χ4v) is 3.23. The molecule has 162 valence electrons. The third-order valence-corrected chi connectivity index (χ3v) is 5.07. The summed E-state index contributed by atoms with van der Waals surface area (Å²) in [5.41, 5.74) is 3.65. The predicted octanol–water partition coefficient (Wildman–Crippen LogP) is 3.11. The highest BCUT2D eigenvalue weighted by Crippen LogP contribution is 2.17. The molecular formula is C22H29FIN5O. The molecule has 6 nitrogen and oxygen atoms in total. The predicted molar refractivity (Wildman–Crippen MR) is 130 cm³/mol. The summed E-state index contributed by atoms with van der Waals surface area (Å²) >= 11 is 0. The van der Waals surface area contributed by atoms with Crippen LogP contribution in [0.15, 0.2) is 47.5 Å². The molecule has 8 heteroatoms. The zero-order chi connectivity index (χ0) is 20.8. The maximum absolute atomic E-state index is 13.8. The number of guanidine groups is 1. The van der Waals surface area contributed by atoms with Gasteiger partial charge in [-0.05, 0) is 48.7 Å². The van der Waals surface area contributed by atoms with Crippen molar-refractivity contribution in [1.29, 1.82) is 0 Å². The maximum Gasteiger partial charge on any atom is 0.239 e. The second-order valence-corrected chi connectivity index (χ2v) is 7.24. The van der Waals surface area contributed by atoms with Crippen molar-refractivity contribution in [2.45, 2.75) is 26.4 Å². The molecule has 3 N–H and O–H groups in total. The number of halogens is 2. The van der Waals surface area contributed by atoms with Gasteiger partial charge in [0.2, 0.25) is 5.91 Å². The monoisotopic (exact) mass is 525 g/mol. The fourth-order valence-electron chi connectivity index (χ4n) is 3.23. The number of piperazine rings is 1. The number of nitrogens with one attached hydrogen (secondary N) is 3. The van der Waals surface area contributed by atoms with Crippen LogP contribution in [-0.2, 0) is 11.3 Å². The number of rotatable bonds is 5. The minimum Gasteiger partial charge on any atom is -0.360 e. The first-order chi connectivity index (χ1) is 14.0. The standard InChI is InChI=1S/C22H28FN5O.HI/c1-15-4-7-18(12-20(15)23)16(2)27-22(24-3)26-13-17-5-8-19(9-6-17)28-11-10-25-21(29)14-28;/h4-9,12,16H,10-11,13-14H2,1-3H3,(H,25,29)(H2,24,26,27);1H. The van der Waals surface area contributed by atoms with Crippen LogP contribution < -0.4 is 20.9 Å². The van der Waals surface area contributed by atoms with Gasteiger partial charge in [-0.1, -0.05) is 24.3 Å². The Kier molecular flexibility index (Phi) is 8.88. The van der Waals surface area contributed by atoms with Crippen LogP contribution >= 0.6 is 24.0 Å². The van der Waals surface area contributed by atoms with Gasteiger partial charge < -0.3 is 20.9 Å². The summed E-state index contributed by atoms with van der Waals surface area (Å²) in [7, 11) is 1.71. The van der Waals surface area contributed by atoms with Crippen LogP contribution in [0.4, 0.5) is 10.1 Å². The number of carbonyl (C=O) groups excluding carboxylic acids is 1. The zero-order valence-electron chi connectivity index (χ0n) is 17.5. The van der Waals surface area contributed by atoms with Gasteiger partial charge in [0.25, 0.3) is 0 Å². The van der Waals surface area contributed by atoms with Crippen molar-refractivity contribution in [2.24, 2.45) is 4.99 Å². The van der Waals surface area contributed by atoms with Crippen LogP contribution in [0.1, 0.15) is 29.7 Å². The minimum atomic E-state index is -0.203. The van der Waals surface area contributed by atoms with Crippen molar-refractivity contribution < 1.29 is 9.18 Å². The minimum absolute atomic E-state index is 0. The first-order valence-corrected chi connectivity index (χ1v) is 9.80. The van der Waals surface area contributed by atoms with E-state index < -0.39 is 0 Å². The molecule has 1 unspecified atom stereocenters. The Bertz CT molecular complexity index is 888. The van der Waals surface area contributed by atoms with E-state index in [1.165, 1.54) is 0 Å². The summed E-state index contributed by atoms with van der Waals surface area (Å²) in [6, 6.07) is 13.3. The highest BCUT2D eigenvalue weighted by molar-refractivity contribution is 14.0. The van der Waals surface area contributed by atoms with E-state index in [0.29, 0.717) is 31.2 Å². The van der Waals surface area contributed by atoms with Gasteiger partial charge in [-0.25, -0.2) is 4.39 Å². The molecule has 1 fully saturated rings. The van der Waals surface area contributed by atoms with E-state index in [0.717, 1.165) is 23.4 Å². The summed E-state index contributed by atoms with van der Waals surface area (Å²) in [4.78, 5) is 17.9. The average Bonchev–Trinajstić information content (AvgIpc) is 2.73. The molecule has 0 bridgehead atoms. The highest BCUT2D eigenvalue weighted by Gasteiger charge is 2.16. The van der Waals surface area contributed by atoms with Crippen LogP contribution in [0.5, 0.6) is 0 Å². The number of amides is 1. The Morgan fingerprint density at radius 3 is 2.63 bits per heavy atom. The normalized spacial score (nSPS) is 15.1. The van der Waals surface area contributed by atoms with Crippen molar-refractivity contribution in [3.05, 3.63) is 65.0 Å². The Morgan fingerprint density at radius 2 is 2.00 bits per heavy atom. The summed E-state index contributed by atoms with van der Waals surface area (Å²) in [6.45, 7) is 6.22. The SMILES string of the molecule is CN=C(NCc1ccc(N2CCNC(=O)C2)cc1)NC(C)c1ccc(C)c(F)c1.I. The number of aryl methyl sites for hydroxylation is 1. The third kappa shape index (κ3) is 6.32. The number of nitrogens with zero attached hydrogens (tertiary/aromatic N) is 2. The molecule has 1 amide bonds. The van der Waals surface area contributed by atoms with E-state index in [-0.39, 0.29) is 41.7 Å². The molecule has 0 spiro atoms. The molecule has 0 radical (unpaired) electrons. The van der Waals surface area contributed by atoms with E-state index in [1.807, 2.05) is 37.3 Å². The Balaban J connectivity index is 0.00000320. The molecule has 0 saturated carbocycles. The van der Waals surface area contributed by atoms with Gasteiger partial charge in [0.15, 0.2) is 5.96 Å². The quantitative estimate of drug-likeness (QED) is 0.319. The third-order valence-electron chi connectivity index (χ3n) is 5.07. The summed E-state index contributed by atoms with van der Waals surface area (Å²) in [6.07, 6.45) is 0. The molecule has 1 heterocycles. The molecular weight excluding hydrogens is 496 g/mol. The van der Waals surface area contributed by atoms with Crippen LogP contribution in [0.25, 0.3) is 0 Å². The van der Waals surface area contributed by atoms with Crippen molar-refractivity contribution in [1.82, 2.24) is 16.0 Å². The van der Waals surface area contributed by atoms with Crippen molar-refractivity contribution in [3.8, 4) is 0 Å². The second kappa shape index (κ2) is 11.1. The number of hydrogen-bond acceptors (Lipinski definition) is 3. The van der Waals surface area contributed by atoms with Crippen LogP contribution in [-0.4, -0.2) is 38.5 Å². The molecule has 1 aliphatic rings. The zero-order valence-corrected chi connectivity index (χ0v) is 19.9. The molecule has 1 atom stereocenters. The van der Waals surface area contributed by atoms with Crippen molar-refractivity contribution >= 4 is 41.5 Å². The number of anilines is 1. The Labute approximate surface area is 194 Å². The number of benzene rings is 2. The van der Waals surface area contributed by atoms with Crippen molar-refractivity contribution in [3.63, 3.8) is 0 Å². The summed E-state index contributed by atoms with van der Waals surface area (Å²) in [5.74, 6) is 0.500. The van der Waals surface area contributed by atoms with E-state index in [2.05, 4.69) is 25.8 Å². The van der Waals surface area contributed by atoms with E-state index in [9.17, 15) is 9.18 Å². The van der Waals surface area contributed by atoms with Gasteiger partial charge in [0, 0.05) is 32.4 Å². The van der Waals surface area contributed by atoms with Crippen LogP contribution in [0.3, 0.4) is 0 Å². The Morgan fingerprint density at radius 1 is 1.27 bits per heavy atom. The number of carbonyl (C=O) groups is 1. The molecule has 2 aromatic carbocycles. The molecule has 1 aliphatic heterocycles. The number of hydrogen-bond donors (Lipinski definition) is 3. The lowest BCUT2D eigenvalue weighted by Gasteiger charge is -2.28. The van der Waals surface area contributed by atoms with E-state index in [1.54, 1.807) is 26.1 Å². The van der Waals surface area contributed by atoms with E-state index >= 15 is 0 Å². The fraction of sp³-hybridized carbons (Fsp3) is 0.364. The van der Waals surface area contributed by atoms with Gasteiger partial charge in [0.1, 0.15) is 5.82 Å².